The number of nitrogens with zero attached hydrogens (tertiary/aromatic N) is 1. The molecule has 1 nitrogen and oxygen atoms in total. The number of hydrogen-bond acceptors (Lipinski definition) is 2. The van der Waals surface area contributed by atoms with Crippen molar-refractivity contribution in [3.8, 4) is 0 Å². The van der Waals surface area contributed by atoms with E-state index in [0.29, 0.717) is 5.75 Å². The minimum atomic E-state index is -0.230. The van der Waals surface area contributed by atoms with Gasteiger partial charge in [-0.05, 0) is 24.3 Å². The van der Waals surface area contributed by atoms with Gasteiger partial charge in [-0.3, -0.25) is 4.98 Å². The Morgan fingerprint density at radius 1 is 1.60 bits per heavy atom. The Bertz CT molecular complexity index is 215. The average Bonchev–Trinajstić information content (AvgIpc) is 1.88. The van der Waals surface area contributed by atoms with Gasteiger partial charge >= 0.3 is 0 Å². The first-order valence-electron chi connectivity index (χ1n) is 3.04. The van der Waals surface area contributed by atoms with E-state index in [9.17, 15) is 4.39 Å². The van der Waals surface area contributed by atoms with Gasteiger partial charge in [-0.25, -0.2) is 4.39 Å². The van der Waals surface area contributed by atoms with Crippen molar-refractivity contribution in [2.45, 2.75) is 6.42 Å². The first kappa shape index (κ1) is 7.54. The molecule has 0 radical (unpaired) electrons. The number of rotatable bonds is 2. The topological polar surface area (TPSA) is 12.9 Å². The zero-order chi connectivity index (χ0) is 7.40. The molecule has 0 unspecified atom stereocenters. The fourth-order valence-corrected chi connectivity index (χ4v) is 0.929. The van der Waals surface area contributed by atoms with Crippen LogP contribution in [0.25, 0.3) is 0 Å². The van der Waals surface area contributed by atoms with Crippen LogP contribution in [-0.4, -0.2) is 10.7 Å². The molecule has 0 saturated carbocycles. The van der Waals surface area contributed by atoms with Gasteiger partial charge in [0, 0.05) is 11.9 Å². The number of pyridine rings is 1. The fourth-order valence-electron chi connectivity index (χ4n) is 0.700. The van der Waals surface area contributed by atoms with Gasteiger partial charge in [0.2, 0.25) is 0 Å². The predicted molar refractivity (Wildman–Crippen MR) is 41.8 cm³/mol. The van der Waals surface area contributed by atoms with Crippen LogP contribution in [0.1, 0.15) is 5.69 Å². The van der Waals surface area contributed by atoms with Crippen molar-refractivity contribution in [1.29, 1.82) is 0 Å². The second kappa shape index (κ2) is 3.56. The summed E-state index contributed by atoms with van der Waals surface area (Å²) in [5.41, 5.74) is 0.759. The Morgan fingerprint density at radius 2 is 2.40 bits per heavy atom. The summed E-state index contributed by atoms with van der Waals surface area (Å²) >= 11 is 4.00. The van der Waals surface area contributed by atoms with Crippen LogP contribution in [0.15, 0.2) is 18.3 Å². The van der Waals surface area contributed by atoms with Gasteiger partial charge in [0.15, 0.2) is 0 Å². The highest BCUT2D eigenvalue weighted by Gasteiger charge is 1.93. The molecule has 0 aromatic carbocycles. The van der Waals surface area contributed by atoms with Crippen LogP contribution in [0, 0.1) is 5.82 Å². The molecule has 0 fully saturated rings. The van der Waals surface area contributed by atoms with E-state index in [1.54, 1.807) is 0 Å². The van der Waals surface area contributed by atoms with Crippen molar-refractivity contribution >= 4 is 12.6 Å². The Kier molecular flexibility index (Phi) is 2.68. The lowest BCUT2D eigenvalue weighted by Crippen LogP contribution is -1.90. The Hall–Kier alpha value is -0.570. The maximum absolute atomic E-state index is 12.4. The first-order valence-corrected chi connectivity index (χ1v) is 3.67. The van der Waals surface area contributed by atoms with Crippen LogP contribution in [0.3, 0.4) is 0 Å². The summed E-state index contributed by atoms with van der Waals surface area (Å²) in [6.07, 6.45) is 2.19. The predicted octanol–water partition coefficient (Wildman–Crippen LogP) is 1.69. The van der Waals surface area contributed by atoms with Gasteiger partial charge in [0.25, 0.3) is 0 Å². The quantitative estimate of drug-likeness (QED) is 0.645. The third-order valence-corrected chi connectivity index (χ3v) is 1.37. The van der Waals surface area contributed by atoms with Crippen molar-refractivity contribution in [2.75, 3.05) is 5.75 Å². The highest BCUT2D eigenvalue weighted by atomic mass is 32.1. The minimum Gasteiger partial charge on any atom is -0.261 e. The Balaban J connectivity index is 2.75. The largest absolute Gasteiger partial charge is 0.261 e. The van der Waals surface area contributed by atoms with Crippen molar-refractivity contribution in [2.24, 2.45) is 0 Å². The fraction of sp³-hybridized carbons (Fsp3) is 0.286. The number of aromatic nitrogens is 1. The van der Waals surface area contributed by atoms with Crippen LogP contribution in [0.5, 0.6) is 0 Å². The number of thiol groups is 1. The summed E-state index contributed by atoms with van der Waals surface area (Å²) in [4.78, 5) is 3.94. The molecule has 0 saturated heterocycles. The molecule has 0 bridgehead atoms. The van der Waals surface area contributed by atoms with Gasteiger partial charge in [0.1, 0.15) is 5.82 Å². The van der Waals surface area contributed by atoms with Crippen LogP contribution in [0.2, 0.25) is 0 Å². The summed E-state index contributed by atoms with van der Waals surface area (Å²) in [6.45, 7) is 0. The Labute approximate surface area is 64.7 Å². The van der Waals surface area contributed by atoms with Crippen molar-refractivity contribution in [3.05, 3.63) is 29.8 Å². The van der Waals surface area contributed by atoms with E-state index in [0.717, 1.165) is 12.1 Å². The lowest BCUT2D eigenvalue weighted by atomic mass is 10.3. The second-order valence-electron chi connectivity index (χ2n) is 1.94. The SMILES string of the molecule is Fc1ccnc(CCS)c1. The molecule has 1 aromatic rings. The van der Waals surface area contributed by atoms with E-state index in [1.165, 1.54) is 18.3 Å². The van der Waals surface area contributed by atoms with Gasteiger partial charge in [-0.2, -0.15) is 12.6 Å². The molecular formula is C7H8FNS. The van der Waals surface area contributed by atoms with E-state index in [1.807, 2.05) is 0 Å². The van der Waals surface area contributed by atoms with Gasteiger partial charge in [-0.1, -0.05) is 0 Å². The number of aryl methyl sites for hydroxylation is 1. The lowest BCUT2D eigenvalue weighted by Gasteiger charge is -1.94. The monoisotopic (exact) mass is 157 g/mol. The van der Waals surface area contributed by atoms with Crippen molar-refractivity contribution in [1.82, 2.24) is 4.98 Å². The molecule has 0 N–H and O–H groups in total. The summed E-state index contributed by atoms with van der Waals surface area (Å²) in [5.74, 6) is 0.475. The average molecular weight is 157 g/mol. The smallest absolute Gasteiger partial charge is 0.126 e. The van der Waals surface area contributed by atoms with Crippen molar-refractivity contribution in [3.63, 3.8) is 0 Å². The van der Waals surface area contributed by atoms with Crippen LogP contribution in [0.4, 0.5) is 4.39 Å². The van der Waals surface area contributed by atoms with Crippen LogP contribution in [-0.2, 0) is 6.42 Å². The maximum Gasteiger partial charge on any atom is 0.126 e. The maximum atomic E-state index is 12.4. The summed E-state index contributed by atoms with van der Waals surface area (Å²) in [6, 6.07) is 2.76. The highest BCUT2D eigenvalue weighted by Crippen LogP contribution is 2.00. The van der Waals surface area contributed by atoms with Gasteiger partial charge < -0.3 is 0 Å². The van der Waals surface area contributed by atoms with E-state index in [2.05, 4.69) is 17.6 Å². The molecule has 0 amide bonds. The molecule has 10 heavy (non-hydrogen) atoms. The molecule has 0 aliphatic carbocycles. The highest BCUT2D eigenvalue weighted by molar-refractivity contribution is 7.80. The zero-order valence-corrected chi connectivity index (χ0v) is 6.31. The first-order chi connectivity index (χ1) is 4.83. The van der Waals surface area contributed by atoms with E-state index >= 15 is 0 Å². The van der Waals surface area contributed by atoms with Crippen molar-refractivity contribution < 1.29 is 4.39 Å². The number of halogens is 1. The molecule has 54 valence electrons. The second-order valence-corrected chi connectivity index (χ2v) is 2.39. The summed E-state index contributed by atoms with van der Waals surface area (Å²) < 4.78 is 12.4. The normalized spacial score (nSPS) is 9.80. The summed E-state index contributed by atoms with van der Waals surface area (Å²) in [5, 5.41) is 0. The molecule has 0 spiro atoms. The Morgan fingerprint density at radius 3 is 3.00 bits per heavy atom. The minimum absolute atomic E-state index is 0.230. The van der Waals surface area contributed by atoms with Crippen LogP contribution < -0.4 is 0 Å². The van der Waals surface area contributed by atoms with E-state index in [-0.39, 0.29) is 5.82 Å². The molecule has 3 heteroatoms. The molecule has 1 rings (SSSR count). The van der Waals surface area contributed by atoms with E-state index < -0.39 is 0 Å². The lowest BCUT2D eigenvalue weighted by molar-refractivity contribution is 0.622. The van der Waals surface area contributed by atoms with E-state index in [4.69, 9.17) is 0 Å². The van der Waals surface area contributed by atoms with Gasteiger partial charge in [-0.15, -0.1) is 0 Å². The molecule has 1 heterocycles. The van der Waals surface area contributed by atoms with Crippen LogP contribution >= 0.6 is 12.6 Å². The third-order valence-electron chi connectivity index (χ3n) is 1.15. The summed E-state index contributed by atoms with van der Waals surface area (Å²) in [7, 11) is 0. The van der Waals surface area contributed by atoms with Gasteiger partial charge in [0.05, 0.1) is 0 Å². The number of hydrogen-bond donors (Lipinski definition) is 1. The zero-order valence-electron chi connectivity index (χ0n) is 5.42. The molecule has 1 aromatic heterocycles. The molecule has 0 aliphatic heterocycles. The third kappa shape index (κ3) is 1.99. The standard InChI is InChI=1S/C7H8FNS/c8-6-1-3-9-7(5-6)2-4-10/h1,3,5,10H,2,4H2. The molecule has 0 atom stereocenters. The molecule has 0 aliphatic rings. The molecular weight excluding hydrogens is 149 g/mol.